The number of hydrogen-bond acceptors (Lipinski definition) is 2. The molecule has 84 valence electrons. The van der Waals surface area contributed by atoms with Gasteiger partial charge in [0, 0.05) is 12.5 Å². The van der Waals surface area contributed by atoms with Crippen LogP contribution in [0.3, 0.4) is 0 Å². The third-order valence-electron chi connectivity index (χ3n) is 2.60. The van der Waals surface area contributed by atoms with Gasteiger partial charge in [-0.15, -0.1) is 11.3 Å². The van der Waals surface area contributed by atoms with E-state index in [1.54, 1.807) is 0 Å². The Morgan fingerprint density at radius 2 is 2.33 bits per heavy atom. The number of thiophene rings is 1. The molecule has 5 heteroatoms. The molecular formula is C10H12ClF2NS. The van der Waals surface area contributed by atoms with Gasteiger partial charge >= 0.3 is 0 Å². The van der Waals surface area contributed by atoms with E-state index in [1.165, 1.54) is 12.1 Å². The normalized spacial score (nSPS) is 22.2. The summed E-state index contributed by atoms with van der Waals surface area (Å²) in [6.45, 7) is 0.853. The highest BCUT2D eigenvalue weighted by Crippen LogP contribution is 2.39. The second-order valence-electron chi connectivity index (χ2n) is 3.81. The SMILES string of the molecule is FC(F)(CC1CCCN1)c1ccc(Cl)s1. The third kappa shape index (κ3) is 2.68. The molecule has 1 aromatic rings. The largest absolute Gasteiger partial charge is 0.314 e. The predicted octanol–water partition coefficient (Wildman–Crippen LogP) is 3.64. The van der Waals surface area contributed by atoms with E-state index in [9.17, 15) is 8.78 Å². The van der Waals surface area contributed by atoms with Crippen molar-refractivity contribution in [2.75, 3.05) is 6.54 Å². The van der Waals surface area contributed by atoms with Gasteiger partial charge in [-0.25, -0.2) is 8.78 Å². The minimum absolute atomic E-state index is 0.0547. The smallest absolute Gasteiger partial charge is 0.283 e. The maximum absolute atomic E-state index is 13.7. The second-order valence-corrected chi connectivity index (χ2v) is 5.52. The Balaban J connectivity index is 2.05. The maximum atomic E-state index is 13.7. The second kappa shape index (κ2) is 4.36. The van der Waals surface area contributed by atoms with Crippen molar-refractivity contribution < 1.29 is 8.78 Å². The lowest BCUT2D eigenvalue weighted by Gasteiger charge is -2.18. The zero-order chi connectivity index (χ0) is 10.9. The van der Waals surface area contributed by atoms with Crippen molar-refractivity contribution in [1.82, 2.24) is 5.32 Å². The molecular weight excluding hydrogens is 240 g/mol. The molecule has 2 heterocycles. The quantitative estimate of drug-likeness (QED) is 0.865. The fourth-order valence-electron chi connectivity index (χ4n) is 1.85. The Bertz CT molecular complexity index is 334. The van der Waals surface area contributed by atoms with Crippen LogP contribution >= 0.6 is 22.9 Å². The lowest BCUT2D eigenvalue weighted by molar-refractivity contribution is -0.0176. The first-order chi connectivity index (χ1) is 7.08. The minimum Gasteiger partial charge on any atom is -0.314 e. The van der Waals surface area contributed by atoms with Gasteiger partial charge in [-0.05, 0) is 31.5 Å². The van der Waals surface area contributed by atoms with Crippen molar-refractivity contribution in [2.24, 2.45) is 0 Å². The molecule has 1 N–H and O–H groups in total. The van der Waals surface area contributed by atoms with Gasteiger partial charge in [0.2, 0.25) is 0 Å². The Morgan fingerprint density at radius 1 is 1.53 bits per heavy atom. The molecule has 1 aliphatic heterocycles. The topological polar surface area (TPSA) is 12.0 Å². The highest BCUT2D eigenvalue weighted by Gasteiger charge is 2.36. The first-order valence-corrected chi connectivity index (χ1v) is 6.14. The van der Waals surface area contributed by atoms with E-state index in [0.717, 1.165) is 30.7 Å². The molecule has 0 spiro atoms. The van der Waals surface area contributed by atoms with Crippen molar-refractivity contribution in [3.63, 3.8) is 0 Å². The van der Waals surface area contributed by atoms with Crippen LogP contribution in [0.5, 0.6) is 0 Å². The van der Waals surface area contributed by atoms with E-state index in [4.69, 9.17) is 11.6 Å². The van der Waals surface area contributed by atoms with E-state index >= 15 is 0 Å². The van der Waals surface area contributed by atoms with Crippen LogP contribution in [0.25, 0.3) is 0 Å². The monoisotopic (exact) mass is 251 g/mol. The molecule has 1 fully saturated rings. The average molecular weight is 252 g/mol. The Labute approximate surface area is 96.4 Å². The molecule has 2 rings (SSSR count). The predicted molar refractivity (Wildman–Crippen MR) is 58.9 cm³/mol. The van der Waals surface area contributed by atoms with Crippen LogP contribution in [0.15, 0.2) is 12.1 Å². The minimum atomic E-state index is -2.75. The van der Waals surface area contributed by atoms with E-state index in [2.05, 4.69) is 5.32 Å². The summed E-state index contributed by atoms with van der Waals surface area (Å²) < 4.78 is 27.9. The van der Waals surface area contributed by atoms with Gasteiger partial charge in [-0.3, -0.25) is 0 Å². The van der Waals surface area contributed by atoms with E-state index in [0.29, 0.717) is 4.34 Å². The van der Waals surface area contributed by atoms with Crippen LogP contribution in [0.4, 0.5) is 8.78 Å². The van der Waals surface area contributed by atoms with Crippen LogP contribution in [0, 0.1) is 0 Å². The van der Waals surface area contributed by atoms with Gasteiger partial charge in [0.05, 0.1) is 9.21 Å². The molecule has 1 atom stereocenters. The number of nitrogens with one attached hydrogen (secondary N) is 1. The van der Waals surface area contributed by atoms with Crippen LogP contribution in [0.2, 0.25) is 4.34 Å². The average Bonchev–Trinajstić information content (AvgIpc) is 2.75. The summed E-state index contributed by atoms with van der Waals surface area (Å²) in [6, 6.07) is 2.89. The maximum Gasteiger partial charge on any atom is 0.283 e. The summed E-state index contributed by atoms with van der Waals surface area (Å²) in [5, 5.41) is 3.08. The summed E-state index contributed by atoms with van der Waals surface area (Å²) in [5.41, 5.74) is 0. The van der Waals surface area contributed by atoms with Crippen molar-refractivity contribution in [1.29, 1.82) is 0 Å². The van der Waals surface area contributed by atoms with Crippen molar-refractivity contribution in [3.8, 4) is 0 Å². The summed E-state index contributed by atoms with van der Waals surface area (Å²) in [5.74, 6) is -2.75. The van der Waals surface area contributed by atoms with Crippen LogP contribution in [0.1, 0.15) is 24.1 Å². The van der Waals surface area contributed by atoms with Gasteiger partial charge < -0.3 is 5.32 Å². The van der Waals surface area contributed by atoms with Gasteiger partial charge in [-0.1, -0.05) is 11.6 Å². The van der Waals surface area contributed by atoms with Gasteiger partial charge in [-0.2, -0.15) is 0 Å². The summed E-state index contributed by atoms with van der Waals surface area (Å²) in [6.07, 6.45) is 1.71. The number of rotatable bonds is 3. The molecule has 1 saturated heterocycles. The van der Waals surface area contributed by atoms with Crippen LogP contribution in [-0.2, 0) is 5.92 Å². The highest BCUT2D eigenvalue weighted by molar-refractivity contribution is 7.16. The van der Waals surface area contributed by atoms with Crippen molar-refractivity contribution in [3.05, 3.63) is 21.3 Å². The molecule has 0 aliphatic carbocycles. The number of alkyl halides is 2. The zero-order valence-electron chi connectivity index (χ0n) is 8.10. The van der Waals surface area contributed by atoms with E-state index in [1.807, 2.05) is 0 Å². The van der Waals surface area contributed by atoms with Gasteiger partial charge in [0.1, 0.15) is 0 Å². The molecule has 1 nitrogen and oxygen atoms in total. The van der Waals surface area contributed by atoms with Gasteiger partial charge in [0.15, 0.2) is 0 Å². The molecule has 1 unspecified atom stereocenters. The van der Waals surface area contributed by atoms with E-state index in [-0.39, 0.29) is 17.3 Å². The lowest BCUT2D eigenvalue weighted by Crippen LogP contribution is -2.28. The lowest BCUT2D eigenvalue weighted by atomic mass is 10.1. The summed E-state index contributed by atoms with van der Waals surface area (Å²) in [4.78, 5) is 0.0706. The Morgan fingerprint density at radius 3 is 2.87 bits per heavy atom. The fraction of sp³-hybridized carbons (Fsp3) is 0.600. The summed E-state index contributed by atoms with van der Waals surface area (Å²) >= 11 is 6.62. The first kappa shape index (κ1) is 11.3. The molecule has 1 aromatic heterocycles. The Hall–Kier alpha value is -0.190. The number of halogens is 3. The third-order valence-corrected chi connectivity index (χ3v) is 3.94. The molecule has 0 amide bonds. The first-order valence-electron chi connectivity index (χ1n) is 4.95. The van der Waals surface area contributed by atoms with Crippen LogP contribution in [-0.4, -0.2) is 12.6 Å². The highest BCUT2D eigenvalue weighted by atomic mass is 35.5. The molecule has 0 saturated carbocycles. The Kier molecular flexibility index (Phi) is 3.28. The molecule has 15 heavy (non-hydrogen) atoms. The number of hydrogen-bond donors (Lipinski definition) is 1. The standard InChI is InChI=1S/C10H12ClF2NS/c11-9-4-3-8(15-9)10(12,13)6-7-2-1-5-14-7/h3-4,7,14H,1-2,5-6H2. The molecule has 0 bridgehead atoms. The van der Waals surface area contributed by atoms with Crippen molar-refractivity contribution in [2.45, 2.75) is 31.2 Å². The molecule has 0 radical (unpaired) electrons. The molecule has 0 aromatic carbocycles. The van der Waals surface area contributed by atoms with Crippen LogP contribution < -0.4 is 5.32 Å². The molecule has 1 aliphatic rings. The fourth-order valence-corrected chi connectivity index (χ4v) is 2.88. The van der Waals surface area contributed by atoms with E-state index < -0.39 is 5.92 Å². The van der Waals surface area contributed by atoms with Gasteiger partial charge in [0.25, 0.3) is 5.92 Å². The van der Waals surface area contributed by atoms with Crippen molar-refractivity contribution >= 4 is 22.9 Å². The zero-order valence-corrected chi connectivity index (χ0v) is 9.68. The summed E-state index contributed by atoms with van der Waals surface area (Å²) in [7, 11) is 0.